The lowest BCUT2D eigenvalue weighted by molar-refractivity contribution is -0.384. The third-order valence-electron chi connectivity index (χ3n) is 5.78. The Morgan fingerprint density at radius 3 is 2.67 bits per heavy atom. The number of aliphatic hydroxyl groups is 1. The van der Waals surface area contributed by atoms with E-state index >= 15 is 0 Å². The molecule has 0 spiro atoms. The molecule has 1 saturated carbocycles. The van der Waals surface area contributed by atoms with E-state index in [0.717, 1.165) is 31.2 Å². The van der Waals surface area contributed by atoms with E-state index in [4.69, 9.17) is 5.73 Å². The number of carbonyl (C=O) groups is 1. The Morgan fingerprint density at radius 2 is 1.97 bits per heavy atom. The predicted octanol–water partition coefficient (Wildman–Crippen LogP) is 2.49. The van der Waals surface area contributed by atoms with Crippen LogP contribution in [0.5, 0.6) is 0 Å². The van der Waals surface area contributed by atoms with E-state index in [-0.39, 0.29) is 42.9 Å². The Balaban J connectivity index is 1.61. The van der Waals surface area contributed by atoms with Gasteiger partial charge in [-0.3, -0.25) is 14.9 Å². The molecule has 6 N–H and O–H groups in total. The van der Waals surface area contributed by atoms with Crippen molar-refractivity contribution in [1.29, 1.82) is 0 Å². The van der Waals surface area contributed by atoms with Crippen LogP contribution in [0.1, 0.15) is 37.7 Å². The summed E-state index contributed by atoms with van der Waals surface area (Å²) in [5.74, 6) is 1.05. The van der Waals surface area contributed by atoms with Gasteiger partial charge in [-0.1, -0.05) is 12.1 Å². The summed E-state index contributed by atoms with van der Waals surface area (Å²) in [6.07, 6.45) is 5.32. The van der Waals surface area contributed by atoms with Crippen LogP contribution in [0.15, 0.2) is 30.5 Å². The van der Waals surface area contributed by atoms with Crippen molar-refractivity contribution in [2.45, 2.75) is 38.6 Å². The lowest BCUT2D eigenvalue weighted by Crippen LogP contribution is -2.23. The van der Waals surface area contributed by atoms with Crippen LogP contribution in [0, 0.1) is 22.0 Å². The first-order chi connectivity index (χ1) is 16.0. The molecule has 1 aliphatic carbocycles. The molecule has 1 amide bonds. The number of anilines is 3. The van der Waals surface area contributed by atoms with Gasteiger partial charge in [-0.15, -0.1) is 0 Å². The Bertz CT molecular complexity index is 948. The number of hydrogen-bond donors (Lipinski definition) is 5. The molecule has 1 heterocycles. The van der Waals surface area contributed by atoms with Gasteiger partial charge in [-0.05, 0) is 55.2 Å². The molecule has 3 rings (SSSR count). The van der Waals surface area contributed by atoms with Gasteiger partial charge in [0.05, 0.1) is 4.92 Å². The highest BCUT2D eigenvalue weighted by Gasteiger charge is 2.23. The molecule has 1 aromatic heterocycles. The van der Waals surface area contributed by atoms with Crippen LogP contribution < -0.4 is 21.7 Å². The van der Waals surface area contributed by atoms with E-state index in [1.165, 1.54) is 6.20 Å². The van der Waals surface area contributed by atoms with Gasteiger partial charge in [0.15, 0.2) is 0 Å². The Hall–Kier alpha value is -3.31. The summed E-state index contributed by atoms with van der Waals surface area (Å²) in [7, 11) is 0. The summed E-state index contributed by atoms with van der Waals surface area (Å²) in [6.45, 7) is 1.46. The number of amides is 1. The second-order valence-corrected chi connectivity index (χ2v) is 8.28. The molecule has 33 heavy (non-hydrogen) atoms. The standard InChI is InChI=1S/C22H31N7O4/c23-9-8-20(31)27-18-3-1-2-17(10-18)12-25-22-26-13-19(29(32)33)21(28-22)24-11-15-4-6-16(14-30)7-5-15/h1-3,10,13,15-16,30H,4-9,11-12,14,23H2,(H,27,31)(H2,24,25,26,28). The maximum atomic E-state index is 11.7. The van der Waals surface area contributed by atoms with E-state index in [0.29, 0.717) is 30.6 Å². The number of aromatic nitrogens is 2. The fourth-order valence-electron chi connectivity index (χ4n) is 3.88. The first kappa shape index (κ1) is 24.3. The zero-order valence-electron chi connectivity index (χ0n) is 18.5. The number of hydrogen-bond acceptors (Lipinski definition) is 9. The van der Waals surface area contributed by atoms with Gasteiger partial charge in [0.2, 0.25) is 17.7 Å². The molecule has 1 fully saturated rings. The number of rotatable bonds is 11. The van der Waals surface area contributed by atoms with E-state index in [2.05, 4.69) is 25.9 Å². The van der Waals surface area contributed by atoms with Crippen molar-refractivity contribution in [2.24, 2.45) is 17.6 Å². The zero-order chi connectivity index (χ0) is 23.6. The van der Waals surface area contributed by atoms with Crippen LogP contribution in [-0.2, 0) is 11.3 Å². The average Bonchev–Trinajstić information content (AvgIpc) is 2.82. The van der Waals surface area contributed by atoms with E-state index < -0.39 is 4.92 Å². The molecule has 11 heteroatoms. The molecule has 0 radical (unpaired) electrons. The van der Waals surface area contributed by atoms with Gasteiger partial charge >= 0.3 is 5.69 Å². The van der Waals surface area contributed by atoms with Crippen molar-refractivity contribution in [3.8, 4) is 0 Å². The number of carbonyl (C=O) groups excluding carboxylic acids is 1. The fourth-order valence-corrected chi connectivity index (χ4v) is 3.88. The second-order valence-electron chi connectivity index (χ2n) is 8.28. The number of benzene rings is 1. The molecule has 0 saturated heterocycles. The number of nitrogens with zero attached hydrogens (tertiary/aromatic N) is 3. The first-order valence-corrected chi connectivity index (χ1v) is 11.2. The summed E-state index contributed by atoms with van der Waals surface area (Å²) < 4.78 is 0. The number of nitrogens with one attached hydrogen (secondary N) is 3. The summed E-state index contributed by atoms with van der Waals surface area (Å²) in [5, 5.41) is 29.7. The highest BCUT2D eigenvalue weighted by atomic mass is 16.6. The number of nitro groups is 1. The quantitative estimate of drug-likeness (QED) is 0.251. The second kappa shape index (κ2) is 12.1. The van der Waals surface area contributed by atoms with Gasteiger partial charge in [-0.2, -0.15) is 4.98 Å². The molecule has 178 valence electrons. The molecule has 1 aliphatic rings. The molecular formula is C22H31N7O4. The number of aliphatic hydroxyl groups excluding tert-OH is 1. The monoisotopic (exact) mass is 457 g/mol. The lowest BCUT2D eigenvalue weighted by atomic mass is 9.82. The van der Waals surface area contributed by atoms with Gasteiger partial charge in [-0.25, -0.2) is 4.98 Å². The molecule has 0 aliphatic heterocycles. The Kier molecular flexibility index (Phi) is 8.90. The number of nitrogens with two attached hydrogens (primary N) is 1. The molecule has 1 aromatic carbocycles. The maximum absolute atomic E-state index is 11.7. The highest BCUT2D eigenvalue weighted by molar-refractivity contribution is 5.90. The topological polar surface area (TPSA) is 168 Å². The van der Waals surface area contributed by atoms with Crippen LogP contribution in [0.25, 0.3) is 0 Å². The van der Waals surface area contributed by atoms with Crippen LogP contribution in [-0.4, -0.2) is 45.6 Å². The predicted molar refractivity (Wildman–Crippen MR) is 126 cm³/mol. The Labute approximate surface area is 192 Å². The highest BCUT2D eigenvalue weighted by Crippen LogP contribution is 2.30. The van der Waals surface area contributed by atoms with Gasteiger partial charge < -0.3 is 26.8 Å². The fraction of sp³-hybridized carbons (Fsp3) is 0.500. The van der Waals surface area contributed by atoms with E-state index in [1.807, 2.05) is 18.2 Å². The largest absolute Gasteiger partial charge is 0.396 e. The van der Waals surface area contributed by atoms with Crippen molar-refractivity contribution in [1.82, 2.24) is 9.97 Å². The van der Waals surface area contributed by atoms with Gasteiger partial charge in [0, 0.05) is 38.3 Å². The van der Waals surface area contributed by atoms with Crippen molar-refractivity contribution < 1.29 is 14.8 Å². The SMILES string of the molecule is NCCC(=O)Nc1cccc(CNc2ncc([N+](=O)[O-])c(NCC3CCC(CO)CC3)n2)c1. The van der Waals surface area contributed by atoms with Crippen molar-refractivity contribution in [2.75, 3.05) is 35.6 Å². The normalized spacial score (nSPS) is 17.9. The minimum atomic E-state index is -0.498. The molecule has 0 unspecified atom stereocenters. The maximum Gasteiger partial charge on any atom is 0.329 e. The lowest BCUT2D eigenvalue weighted by Gasteiger charge is -2.27. The third kappa shape index (κ3) is 7.36. The van der Waals surface area contributed by atoms with Crippen LogP contribution >= 0.6 is 0 Å². The summed E-state index contributed by atoms with van der Waals surface area (Å²) in [6, 6.07) is 7.33. The van der Waals surface area contributed by atoms with Crippen molar-refractivity contribution in [3.05, 3.63) is 46.1 Å². The van der Waals surface area contributed by atoms with E-state index in [1.54, 1.807) is 6.07 Å². The van der Waals surface area contributed by atoms with Crippen LogP contribution in [0.4, 0.5) is 23.1 Å². The molecule has 11 nitrogen and oxygen atoms in total. The molecule has 0 atom stereocenters. The van der Waals surface area contributed by atoms with Crippen LogP contribution in [0.2, 0.25) is 0 Å². The molecule has 0 bridgehead atoms. The van der Waals surface area contributed by atoms with Gasteiger partial charge in [0.1, 0.15) is 6.20 Å². The summed E-state index contributed by atoms with van der Waals surface area (Å²) in [5.41, 5.74) is 6.78. The van der Waals surface area contributed by atoms with Crippen LogP contribution in [0.3, 0.4) is 0 Å². The van der Waals surface area contributed by atoms with Crippen molar-refractivity contribution >= 4 is 29.0 Å². The minimum Gasteiger partial charge on any atom is -0.396 e. The minimum absolute atomic E-state index is 0.151. The summed E-state index contributed by atoms with van der Waals surface area (Å²) >= 11 is 0. The Morgan fingerprint density at radius 1 is 1.21 bits per heavy atom. The molecule has 2 aromatic rings. The van der Waals surface area contributed by atoms with Gasteiger partial charge in [0.25, 0.3) is 0 Å². The summed E-state index contributed by atoms with van der Waals surface area (Å²) in [4.78, 5) is 31.0. The third-order valence-corrected chi connectivity index (χ3v) is 5.78. The smallest absolute Gasteiger partial charge is 0.329 e. The molecular weight excluding hydrogens is 426 g/mol. The van der Waals surface area contributed by atoms with Crippen molar-refractivity contribution in [3.63, 3.8) is 0 Å². The first-order valence-electron chi connectivity index (χ1n) is 11.2. The van der Waals surface area contributed by atoms with E-state index in [9.17, 15) is 20.0 Å². The zero-order valence-corrected chi connectivity index (χ0v) is 18.5. The average molecular weight is 458 g/mol.